The van der Waals surface area contributed by atoms with Crippen LogP contribution in [0.2, 0.25) is 0 Å². The zero-order valence-electron chi connectivity index (χ0n) is 9.52. The molecular formula is C12H15FO5. The van der Waals surface area contributed by atoms with Gasteiger partial charge in [-0.05, 0) is 12.1 Å². The predicted molar refractivity (Wildman–Crippen MR) is 59.7 cm³/mol. The van der Waals surface area contributed by atoms with Gasteiger partial charge in [0.25, 0.3) is 0 Å². The standard InChI is InChI=1S/C12H15FO5/c13-6-8-9(14)10(15)11(16)12(18-8)17-7-4-2-1-3-5-7/h1-5,8-12,14-16H,6H2/t8-,9-,10+,11-,12+/m1/s1. The Balaban J connectivity index is 2.08. The fraction of sp³-hybridized carbons (Fsp3) is 0.500. The van der Waals surface area contributed by atoms with Gasteiger partial charge in [-0.1, -0.05) is 18.2 Å². The monoisotopic (exact) mass is 258 g/mol. The average Bonchev–Trinajstić information content (AvgIpc) is 2.40. The van der Waals surface area contributed by atoms with E-state index < -0.39 is 37.4 Å². The molecule has 6 heteroatoms. The fourth-order valence-electron chi connectivity index (χ4n) is 1.77. The molecule has 0 aromatic heterocycles. The molecule has 1 aromatic carbocycles. The lowest BCUT2D eigenvalue weighted by atomic mass is 10.00. The summed E-state index contributed by atoms with van der Waals surface area (Å²) in [7, 11) is 0. The zero-order valence-corrected chi connectivity index (χ0v) is 9.52. The molecule has 1 fully saturated rings. The van der Waals surface area contributed by atoms with Crippen LogP contribution in [0.25, 0.3) is 0 Å². The fourth-order valence-corrected chi connectivity index (χ4v) is 1.77. The number of benzene rings is 1. The van der Waals surface area contributed by atoms with Gasteiger partial charge >= 0.3 is 0 Å². The molecule has 2 rings (SSSR count). The van der Waals surface area contributed by atoms with E-state index in [0.717, 1.165) is 0 Å². The van der Waals surface area contributed by atoms with E-state index >= 15 is 0 Å². The summed E-state index contributed by atoms with van der Waals surface area (Å²) in [5.74, 6) is 0.419. The molecule has 1 aromatic rings. The highest BCUT2D eigenvalue weighted by molar-refractivity contribution is 5.21. The second-order valence-electron chi connectivity index (χ2n) is 4.10. The lowest BCUT2D eigenvalue weighted by Gasteiger charge is -2.39. The molecule has 5 nitrogen and oxygen atoms in total. The number of hydrogen-bond donors (Lipinski definition) is 3. The highest BCUT2D eigenvalue weighted by atomic mass is 19.1. The van der Waals surface area contributed by atoms with E-state index in [2.05, 4.69) is 0 Å². The number of halogens is 1. The van der Waals surface area contributed by atoms with Gasteiger partial charge in [-0.2, -0.15) is 0 Å². The Morgan fingerprint density at radius 2 is 1.72 bits per heavy atom. The summed E-state index contributed by atoms with van der Waals surface area (Å²) in [6.07, 6.45) is -6.85. The maximum absolute atomic E-state index is 12.6. The molecule has 0 amide bonds. The number of rotatable bonds is 3. The van der Waals surface area contributed by atoms with E-state index in [1.807, 2.05) is 0 Å². The summed E-state index contributed by atoms with van der Waals surface area (Å²) >= 11 is 0. The third kappa shape index (κ3) is 2.62. The van der Waals surface area contributed by atoms with Gasteiger partial charge in [-0.25, -0.2) is 4.39 Å². The average molecular weight is 258 g/mol. The highest BCUT2D eigenvalue weighted by Crippen LogP contribution is 2.24. The molecule has 18 heavy (non-hydrogen) atoms. The lowest BCUT2D eigenvalue weighted by Crippen LogP contribution is -2.59. The molecule has 0 aliphatic carbocycles. The van der Waals surface area contributed by atoms with Gasteiger partial charge in [0.05, 0.1) is 0 Å². The molecule has 1 heterocycles. The predicted octanol–water partition coefficient (Wildman–Crippen LogP) is -0.157. The molecule has 0 spiro atoms. The molecule has 0 saturated carbocycles. The van der Waals surface area contributed by atoms with Crippen LogP contribution < -0.4 is 4.74 Å². The molecule has 1 aliphatic heterocycles. The van der Waals surface area contributed by atoms with Gasteiger partial charge in [-0.3, -0.25) is 0 Å². The minimum Gasteiger partial charge on any atom is -0.462 e. The first kappa shape index (κ1) is 13.2. The minimum absolute atomic E-state index is 0.419. The molecule has 0 radical (unpaired) electrons. The van der Waals surface area contributed by atoms with Gasteiger partial charge in [0.1, 0.15) is 36.8 Å². The lowest BCUT2D eigenvalue weighted by molar-refractivity contribution is -0.274. The Kier molecular flexibility index (Phi) is 4.13. The number of ether oxygens (including phenoxy) is 2. The van der Waals surface area contributed by atoms with Crippen molar-refractivity contribution in [1.82, 2.24) is 0 Å². The van der Waals surface area contributed by atoms with Crippen LogP contribution in [0.15, 0.2) is 30.3 Å². The number of alkyl halides is 1. The van der Waals surface area contributed by atoms with Gasteiger partial charge in [-0.15, -0.1) is 0 Å². The molecule has 100 valence electrons. The quantitative estimate of drug-likeness (QED) is 0.702. The smallest absolute Gasteiger partial charge is 0.229 e. The van der Waals surface area contributed by atoms with Gasteiger partial charge in [0, 0.05) is 0 Å². The van der Waals surface area contributed by atoms with Crippen molar-refractivity contribution in [3.63, 3.8) is 0 Å². The Morgan fingerprint density at radius 1 is 1.06 bits per heavy atom. The van der Waals surface area contributed by atoms with Crippen molar-refractivity contribution < 1.29 is 29.2 Å². The van der Waals surface area contributed by atoms with Crippen LogP contribution in [0, 0.1) is 0 Å². The van der Waals surface area contributed by atoms with E-state index in [1.165, 1.54) is 0 Å². The van der Waals surface area contributed by atoms with Gasteiger partial charge in [0.2, 0.25) is 6.29 Å². The van der Waals surface area contributed by atoms with E-state index in [-0.39, 0.29) is 0 Å². The second-order valence-corrected chi connectivity index (χ2v) is 4.10. The van der Waals surface area contributed by atoms with Crippen molar-refractivity contribution in [2.45, 2.75) is 30.7 Å². The van der Waals surface area contributed by atoms with Crippen LogP contribution in [0.4, 0.5) is 4.39 Å². The van der Waals surface area contributed by atoms with E-state index in [4.69, 9.17) is 9.47 Å². The molecule has 5 atom stereocenters. The van der Waals surface area contributed by atoms with Gasteiger partial charge < -0.3 is 24.8 Å². The maximum atomic E-state index is 12.6. The summed E-state index contributed by atoms with van der Waals surface area (Å²) in [6.45, 7) is -0.973. The Hall–Kier alpha value is -1.21. The first-order chi connectivity index (χ1) is 8.63. The summed E-state index contributed by atoms with van der Waals surface area (Å²) in [4.78, 5) is 0. The summed E-state index contributed by atoms with van der Waals surface area (Å²) in [6, 6.07) is 8.51. The van der Waals surface area contributed by atoms with Crippen LogP contribution in [-0.4, -0.2) is 52.7 Å². The third-order valence-electron chi connectivity index (χ3n) is 2.82. The normalized spacial score (nSPS) is 36.3. The summed E-state index contributed by atoms with van der Waals surface area (Å²) in [5, 5.41) is 28.7. The van der Waals surface area contributed by atoms with Gasteiger partial charge in [0.15, 0.2) is 0 Å². The Morgan fingerprint density at radius 3 is 2.33 bits per heavy atom. The third-order valence-corrected chi connectivity index (χ3v) is 2.82. The van der Waals surface area contributed by atoms with Crippen LogP contribution in [0.1, 0.15) is 0 Å². The van der Waals surface area contributed by atoms with Crippen LogP contribution >= 0.6 is 0 Å². The van der Waals surface area contributed by atoms with Crippen molar-refractivity contribution >= 4 is 0 Å². The van der Waals surface area contributed by atoms with Crippen LogP contribution in [-0.2, 0) is 4.74 Å². The molecule has 3 N–H and O–H groups in total. The second kappa shape index (κ2) is 5.62. The van der Waals surface area contributed by atoms with E-state index in [9.17, 15) is 19.7 Å². The largest absolute Gasteiger partial charge is 0.462 e. The van der Waals surface area contributed by atoms with Crippen molar-refractivity contribution in [2.24, 2.45) is 0 Å². The molecule has 0 bridgehead atoms. The van der Waals surface area contributed by atoms with Crippen molar-refractivity contribution in [1.29, 1.82) is 0 Å². The molecule has 1 saturated heterocycles. The van der Waals surface area contributed by atoms with Crippen molar-refractivity contribution in [3.05, 3.63) is 30.3 Å². The Labute approximate surface area is 103 Å². The topological polar surface area (TPSA) is 79.2 Å². The minimum atomic E-state index is -1.51. The molecule has 0 unspecified atom stereocenters. The first-order valence-corrected chi connectivity index (χ1v) is 5.61. The van der Waals surface area contributed by atoms with E-state index in [0.29, 0.717) is 5.75 Å². The number of aliphatic hydroxyl groups is 3. The van der Waals surface area contributed by atoms with Crippen LogP contribution in [0.3, 0.4) is 0 Å². The first-order valence-electron chi connectivity index (χ1n) is 5.61. The summed E-state index contributed by atoms with van der Waals surface area (Å²) in [5.41, 5.74) is 0. The zero-order chi connectivity index (χ0) is 13.1. The number of para-hydroxylation sites is 1. The summed E-state index contributed by atoms with van der Waals surface area (Å²) < 4.78 is 23.0. The SMILES string of the molecule is O[C@@H]1[C@@H](O)[C@@H](Oc2ccccc2)O[C@H](CF)[C@H]1O. The van der Waals surface area contributed by atoms with Crippen LogP contribution in [0.5, 0.6) is 5.75 Å². The molecular weight excluding hydrogens is 243 g/mol. The number of aliphatic hydroxyl groups excluding tert-OH is 3. The highest BCUT2D eigenvalue weighted by Gasteiger charge is 2.44. The molecule has 1 aliphatic rings. The number of hydrogen-bond acceptors (Lipinski definition) is 5. The Bertz CT molecular complexity index is 372. The van der Waals surface area contributed by atoms with Crippen molar-refractivity contribution in [3.8, 4) is 5.75 Å². The van der Waals surface area contributed by atoms with E-state index in [1.54, 1.807) is 30.3 Å². The maximum Gasteiger partial charge on any atom is 0.229 e. The van der Waals surface area contributed by atoms with Crippen molar-refractivity contribution in [2.75, 3.05) is 6.67 Å².